The number of rotatable bonds is 2. The standard InChI is InChI=1S/C12H11Cl2N3O2/c1-6-11(19)17-12(15-6)16-10(18)5-7-8(13)3-2-4-9(7)14/h2-4,6H,5H2,1H3,(H2,15,16,17,18,19)/t6-/m1/s1. The van der Waals surface area contributed by atoms with E-state index in [4.69, 9.17) is 23.2 Å². The number of hydrogen-bond acceptors (Lipinski definition) is 3. The van der Waals surface area contributed by atoms with Gasteiger partial charge in [-0.1, -0.05) is 29.3 Å². The lowest BCUT2D eigenvalue weighted by Gasteiger charge is -2.07. The van der Waals surface area contributed by atoms with Crippen LogP contribution in [-0.2, 0) is 16.0 Å². The van der Waals surface area contributed by atoms with Crippen LogP contribution in [0.3, 0.4) is 0 Å². The third-order valence-corrected chi connectivity index (χ3v) is 3.31. The van der Waals surface area contributed by atoms with Crippen LogP contribution in [0.15, 0.2) is 23.2 Å². The molecule has 0 aliphatic carbocycles. The molecule has 2 rings (SSSR count). The van der Waals surface area contributed by atoms with Crippen LogP contribution in [0.1, 0.15) is 12.5 Å². The third kappa shape index (κ3) is 3.24. The van der Waals surface area contributed by atoms with Crippen molar-refractivity contribution >= 4 is 41.0 Å². The quantitative estimate of drug-likeness (QED) is 0.869. The van der Waals surface area contributed by atoms with Gasteiger partial charge in [-0.3, -0.25) is 20.2 Å². The zero-order chi connectivity index (χ0) is 14.0. The molecule has 0 unspecified atom stereocenters. The summed E-state index contributed by atoms with van der Waals surface area (Å²) >= 11 is 11.9. The molecule has 5 nitrogen and oxygen atoms in total. The molecule has 0 spiro atoms. The lowest BCUT2D eigenvalue weighted by molar-refractivity contribution is -0.119. The highest BCUT2D eigenvalue weighted by Gasteiger charge is 2.23. The number of hydrogen-bond donors (Lipinski definition) is 2. The van der Waals surface area contributed by atoms with Crippen molar-refractivity contribution in [1.29, 1.82) is 0 Å². The summed E-state index contributed by atoms with van der Waals surface area (Å²) in [6.07, 6.45) is 0.0157. The lowest BCUT2D eigenvalue weighted by atomic mass is 10.1. The van der Waals surface area contributed by atoms with Gasteiger partial charge in [-0.2, -0.15) is 0 Å². The molecular weight excluding hydrogens is 289 g/mol. The molecule has 1 aliphatic rings. The Morgan fingerprint density at radius 3 is 2.58 bits per heavy atom. The summed E-state index contributed by atoms with van der Waals surface area (Å²) in [5, 5.41) is 5.82. The van der Waals surface area contributed by atoms with Crippen molar-refractivity contribution in [2.75, 3.05) is 0 Å². The van der Waals surface area contributed by atoms with Crippen LogP contribution in [0.4, 0.5) is 0 Å². The first-order chi connectivity index (χ1) is 8.97. The normalized spacial score (nSPS) is 17.9. The van der Waals surface area contributed by atoms with Crippen molar-refractivity contribution in [3.05, 3.63) is 33.8 Å². The van der Waals surface area contributed by atoms with Gasteiger partial charge >= 0.3 is 0 Å². The van der Waals surface area contributed by atoms with Crippen LogP contribution in [-0.4, -0.2) is 23.8 Å². The molecule has 100 valence electrons. The summed E-state index contributed by atoms with van der Waals surface area (Å²) in [7, 11) is 0. The predicted octanol–water partition coefficient (Wildman–Crippen LogP) is 1.53. The molecule has 7 heteroatoms. The molecule has 1 aromatic carbocycles. The van der Waals surface area contributed by atoms with Gasteiger partial charge in [0.1, 0.15) is 6.04 Å². The van der Waals surface area contributed by atoms with Crippen LogP contribution in [0, 0.1) is 0 Å². The molecule has 1 aliphatic heterocycles. The summed E-state index contributed by atoms with van der Waals surface area (Å²) in [6, 6.07) is 4.54. The second-order valence-corrected chi connectivity index (χ2v) is 4.88. The Morgan fingerprint density at radius 2 is 2.05 bits per heavy atom. The highest BCUT2D eigenvalue weighted by atomic mass is 35.5. The molecule has 19 heavy (non-hydrogen) atoms. The molecule has 0 fully saturated rings. The molecule has 0 radical (unpaired) electrons. The second-order valence-electron chi connectivity index (χ2n) is 4.07. The number of nitrogens with one attached hydrogen (secondary N) is 2. The van der Waals surface area contributed by atoms with E-state index < -0.39 is 6.04 Å². The zero-order valence-electron chi connectivity index (χ0n) is 10.0. The Kier molecular flexibility index (Phi) is 4.07. The van der Waals surface area contributed by atoms with Crippen molar-refractivity contribution < 1.29 is 9.59 Å². The van der Waals surface area contributed by atoms with E-state index in [0.29, 0.717) is 15.6 Å². The molecule has 0 saturated carbocycles. The van der Waals surface area contributed by atoms with Crippen molar-refractivity contribution in [2.45, 2.75) is 19.4 Å². The minimum absolute atomic E-state index is 0.0157. The SMILES string of the molecule is C[C@H]1N=C(NC(=O)Cc2c(Cl)cccc2Cl)NC1=O. The summed E-state index contributed by atoms with van der Waals surface area (Å²) in [5.41, 5.74) is 0.543. The fourth-order valence-corrected chi connectivity index (χ4v) is 2.14. The van der Waals surface area contributed by atoms with Gasteiger partial charge in [-0.15, -0.1) is 0 Å². The molecule has 1 heterocycles. The van der Waals surface area contributed by atoms with Crippen molar-refractivity contribution in [2.24, 2.45) is 4.99 Å². The van der Waals surface area contributed by atoms with Gasteiger partial charge in [-0.25, -0.2) is 4.99 Å². The van der Waals surface area contributed by atoms with Crippen LogP contribution in [0.25, 0.3) is 0 Å². The Morgan fingerprint density at radius 1 is 1.42 bits per heavy atom. The van der Waals surface area contributed by atoms with Gasteiger partial charge in [0.15, 0.2) is 0 Å². The number of benzene rings is 1. The zero-order valence-corrected chi connectivity index (χ0v) is 11.5. The molecule has 0 saturated heterocycles. The summed E-state index contributed by atoms with van der Waals surface area (Å²) in [5.74, 6) is -0.431. The summed E-state index contributed by atoms with van der Waals surface area (Å²) < 4.78 is 0. The van der Waals surface area contributed by atoms with Gasteiger partial charge in [0, 0.05) is 10.0 Å². The molecule has 1 atom stereocenters. The number of halogens is 2. The first-order valence-electron chi connectivity index (χ1n) is 5.59. The largest absolute Gasteiger partial charge is 0.296 e. The maximum atomic E-state index is 11.8. The van der Waals surface area contributed by atoms with Crippen molar-refractivity contribution in [3.8, 4) is 0 Å². The fourth-order valence-electron chi connectivity index (χ4n) is 1.61. The van der Waals surface area contributed by atoms with E-state index in [2.05, 4.69) is 15.6 Å². The predicted molar refractivity (Wildman–Crippen MR) is 73.3 cm³/mol. The van der Waals surface area contributed by atoms with Crippen LogP contribution >= 0.6 is 23.2 Å². The number of carbonyl (C=O) groups excluding carboxylic acids is 2. The van der Waals surface area contributed by atoms with Gasteiger partial charge < -0.3 is 0 Å². The number of amides is 2. The van der Waals surface area contributed by atoms with Crippen LogP contribution < -0.4 is 10.6 Å². The van der Waals surface area contributed by atoms with Crippen LogP contribution in [0.5, 0.6) is 0 Å². The summed E-state index contributed by atoms with van der Waals surface area (Å²) in [4.78, 5) is 27.0. The highest BCUT2D eigenvalue weighted by molar-refractivity contribution is 6.36. The summed E-state index contributed by atoms with van der Waals surface area (Å²) in [6.45, 7) is 1.64. The maximum Gasteiger partial charge on any atom is 0.251 e. The Labute approximate surface area is 120 Å². The minimum atomic E-state index is -0.487. The van der Waals surface area contributed by atoms with E-state index in [0.717, 1.165) is 0 Å². The van der Waals surface area contributed by atoms with E-state index in [1.807, 2.05) is 0 Å². The first kappa shape index (κ1) is 13.8. The number of carbonyl (C=O) groups is 2. The second kappa shape index (κ2) is 5.59. The minimum Gasteiger partial charge on any atom is -0.296 e. The van der Waals surface area contributed by atoms with Crippen LogP contribution in [0.2, 0.25) is 10.0 Å². The average molecular weight is 300 g/mol. The lowest BCUT2D eigenvalue weighted by Crippen LogP contribution is -2.41. The molecule has 2 amide bonds. The monoisotopic (exact) mass is 299 g/mol. The number of guanidine groups is 1. The maximum absolute atomic E-state index is 11.8. The van der Waals surface area contributed by atoms with E-state index in [1.54, 1.807) is 25.1 Å². The van der Waals surface area contributed by atoms with Gasteiger partial charge in [-0.05, 0) is 24.6 Å². The Bertz CT molecular complexity index is 552. The van der Waals surface area contributed by atoms with E-state index in [9.17, 15) is 9.59 Å². The average Bonchev–Trinajstić information content (AvgIpc) is 2.63. The van der Waals surface area contributed by atoms with Gasteiger partial charge in [0.2, 0.25) is 11.9 Å². The van der Waals surface area contributed by atoms with Gasteiger partial charge in [0.25, 0.3) is 5.91 Å². The number of aliphatic imine (C=N–C) groups is 1. The Hall–Kier alpha value is -1.59. The fraction of sp³-hybridized carbons (Fsp3) is 0.250. The molecule has 0 aromatic heterocycles. The van der Waals surface area contributed by atoms with Gasteiger partial charge in [0.05, 0.1) is 6.42 Å². The van der Waals surface area contributed by atoms with E-state index in [1.165, 1.54) is 0 Å². The van der Waals surface area contributed by atoms with E-state index >= 15 is 0 Å². The molecular formula is C12H11Cl2N3O2. The molecule has 1 aromatic rings. The topological polar surface area (TPSA) is 70.6 Å². The number of nitrogens with zero attached hydrogens (tertiary/aromatic N) is 1. The third-order valence-electron chi connectivity index (χ3n) is 2.60. The van der Waals surface area contributed by atoms with E-state index in [-0.39, 0.29) is 24.2 Å². The Balaban J connectivity index is 2.03. The highest BCUT2D eigenvalue weighted by Crippen LogP contribution is 2.24. The molecule has 2 N–H and O–H groups in total. The smallest absolute Gasteiger partial charge is 0.251 e. The molecule has 0 bridgehead atoms. The van der Waals surface area contributed by atoms with Crippen molar-refractivity contribution in [3.63, 3.8) is 0 Å². The van der Waals surface area contributed by atoms with Crippen molar-refractivity contribution in [1.82, 2.24) is 10.6 Å². The first-order valence-corrected chi connectivity index (χ1v) is 6.34.